The molecule has 2 saturated heterocycles. The van der Waals surface area contributed by atoms with Crippen molar-refractivity contribution in [1.29, 1.82) is 0 Å². The zero-order valence-electron chi connectivity index (χ0n) is 28.0. The lowest BCUT2D eigenvalue weighted by Crippen LogP contribution is -2.42. The summed E-state index contributed by atoms with van der Waals surface area (Å²) in [6.45, 7) is 3.03. The van der Waals surface area contributed by atoms with Gasteiger partial charge in [-0.25, -0.2) is 0 Å². The SMILES string of the molecule is COCC1CCCN1CC1CC(c2ccc(CO)cc2)OC(c2ccc(-c3ccccc3CNC(=O)CCCCCCC(=O)O)cc2)O1. The molecule has 258 valence electrons. The van der Waals surface area contributed by atoms with Crippen molar-refractivity contribution < 1.29 is 34.0 Å². The Morgan fingerprint density at radius 1 is 0.917 bits per heavy atom. The van der Waals surface area contributed by atoms with Crippen molar-refractivity contribution in [2.24, 2.45) is 0 Å². The molecule has 0 radical (unpaired) electrons. The van der Waals surface area contributed by atoms with Gasteiger partial charge in [0.25, 0.3) is 0 Å². The number of aliphatic hydroxyl groups is 1. The number of hydrogen-bond donors (Lipinski definition) is 3. The van der Waals surface area contributed by atoms with E-state index in [0.29, 0.717) is 25.4 Å². The molecule has 2 heterocycles. The number of carbonyl (C=O) groups excluding carboxylic acids is 1. The van der Waals surface area contributed by atoms with Crippen molar-refractivity contribution in [2.75, 3.05) is 26.8 Å². The van der Waals surface area contributed by atoms with E-state index >= 15 is 0 Å². The third-order valence-corrected chi connectivity index (χ3v) is 9.44. The van der Waals surface area contributed by atoms with Crippen LogP contribution in [-0.4, -0.2) is 65.9 Å². The maximum atomic E-state index is 12.5. The first-order chi connectivity index (χ1) is 23.4. The van der Waals surface area contributed by atoms with Crippen LogP contribution in [-0.2, 0) is 37.0 Å². The molecule has 0 aromatic heterocycles. The number of rotatable bonds is 17. The number of methoxy groups -OCH3 is 1. The maximum Gasteiger partial charge on any atom is 0.303 e. The number of carbonyl (C=O) groups is 2. The Balaban J connectivity index is 1.24. The summed E-state index contributed by atoms with van der Waals surface area (Å²) in [7, 11) is 1.76. The highest BCUT2D eigenvalue weighted by molar-refractivity contribution is 5.76. The monoisotopic (exact) mass is 658 g/mol. The second-order valence-electron chi connectivity index (χ2n) is 13.0. The Hall–Kier alpha value is -3.60. The van der Waals surface area contributed by atoms with Gasteiger partial charge in [-0.2, -0.15) is 0 Å². The largest absolute Gasteiger partial charge is 0.481 e. The van der Waals surface area contributed by atoms with Crippen LogP contribution in [0.15, 0.2) is 72.8 Å². The van der Waals surface area contributed by atoms with Crippen LogP contribution in [0.4, 0.5) is 0 Å². The molecular formula is C39H50N2O7. The van der Waals surface area contributed by atoms with Crippen LogP contribution in [0, 0.1) is 0 Å². The van der Waals surface area contributed by atoms with E-state index in [4.69, 9.17) is 19.3 Å². The second kappa shape index (κ2) is 18.2. The molecule has 4 atom stereocenters. The summed E-state index contributed by atoms with van der Waals surface area (Å²) in [5, 5.41) is 21.4. The van der Waals surface area contributed by atoms with Crippen LogP contribution in [0.3, 0.4) is 0 Å². The molecule has 3 aromatic rings. The van der Waals surface area contributed by atoms with Gasteiger partial charge in [-0.3, -0.25) is 14.5 Å². The summed E-state index contributed by atoms with van der Waals surface area (Å²) in [5.41, 5.74) is 6.04. The van der Waals surface area contributed by atoms with E-state index in [1.165, 1.54) is 0 Å². The van der Waals surface area contributed by atoms with Gasteiger partial charge in [-0.05, 0) is 60.0 Å². The van der Waals surface area contributed by atoms with Crippen LogP contribution in [0.2, 0.25) is 0 Å². The van der Waals surface area contributed by atoms with Crippen molar-refractivity contribution in [3.05, 3.63) is 95.1 Å². The summed E-state index contributed by atoms with van der Waals surface area (Å²) in [4.78, 5) is 25.7. The fraction of sp³-hybridized carbons (Fsp3) is 0.487. The first-order valence-corrected chi connectivity index (χ1v) is 17.3. The lowest BCUT2D eigenvalue weighted by atomic mass is 9.97. The van der Waals surface area contributed by atoms with E-state index in [0.717, 1.165) is 91.6 Å². The fourth-order valence-corrected chi connectivity index (χ4v) is 6.78. The Labute approximate surface area is 284 Å². The zero-order valence-corrected chi connectivity index (χ0v) is 28.0. The first-order valence-electron chi connectivity index (χ1n) is 17.3. The number of nitrogens with zero attached hydrogens (tertiary/aromatic N) is 1. The normalized spacial score (nSPS) is 21.3. The number of unbranched alkanes of at least 4 members (excludes halogenated alkanes) is 3. The molecule has 3 aromatic carbocycles. The average molecular weight is 659 g/mol. The van der Waals surface area contributed by atoms with Gasteiger partial charge in [-0.1, -0.05) is 85.6 Å². The van der Waals surface area contributed by atoms with Crippen molar-refractivity contribution >= 4 is 11.9 Å². The number of aliphatic carboxylic acids is 1. The minimum Gasteiger partial charge on any atom is -0.481 e. The Morgan fingerprint density at radius 2 is 1.65 bits per heavy atom. The quantitative estimate of drug-likeness (QED) is 0.140. The molecule has 9 heteroatoms. The maximum absolute atomic E-state index is 12.5. The molecule has 2 aliphatic rings. The molecule has 2 aliphatic heterocycles. The molecule has 9 nitrogen and oxygen atoms in total. The second-order valence-corrected chi connectivity index (χ2v) is 13.0. The number of nitrogens with one attached hydrogen (secondary N) is 1. The number of amides is 1. The molecular weight excluding hydrogens is 608 g/mol. The fourth-order valence-electron chi connectivity index (χ4n) is 6.78. The van der Waals surface area contributed by atoms with E-state index in [-0.39, 0.29) is 31.1 Å². The van der Waals surface area contributed by atoms with Crippen molar-refractivity contribution in [2.45, 2.75) is 95.5 Å². The zero-order chi connectivity index (χ0) is 33.7. The van der Waals surface area contributed by atoms with Gasteiger partial charge < -0.3 is 29.7 Å². The lowest BCUT2D eigenvalue weighted by Gasteiger charge is -2.38. The molecule has 1 amide bonds. The predicted molar refractivity (Wildman–Crippen MR) is 184 cm³/mol. The summed E-state index contributed by atoms with van der Waals surface area (Å²) < 4.78 is 18.7. The Kier molecular flexibility index (Phi) is 13.6. The molecule has 0 aliphatic carbocycles. The molecule has 0 spiro atoms. The predicted octanol–water partition coefficient (Wildman–Crippen LogP) is 6.54. The molecule has 5 rings (SSSR count). The van der Waals surface area contributed by atoms with Crippen LogP contribution in [0.25, 0.3) is 11.1 Å². The van der Waals surface area contributed by atoms with E-state index in [9.17, 15) is 14.7 Å². The van der Waals surface area contributed by atoms with Crippen LogP contribution in [0.1, 0.15) is 92.4 Å². The summed E-state index contributed by atoms with van der Waals surface area (Å²) in [5.74, 6) is -0.771. The third kappa shape index (κ3) is 10.2. The van der Waals surface area contributed by atoms with Crippen LogP contribution in [0.5, 0.6) is 0 Å². The van der Waals surface area contributed by atoms with Gasteiger partial charge in [0.2, 0.25) is 5.91 Å². The number of carboxylic acids is 1. The Morgan fingerprint density at radius 3 is 2.38 bits per heavy atom. The number of ether oxygens (including phenoxy) is 3. The lowest BCUT2D eigenvalue weighted by molar-refractivity contribution is -0.253. The van der Waals surface area contributed by atoms with Crippen molar-refractivity contribution in [1.82, 2.24) is 10.2 Å². The van der Waals surface area contributed by atoms with Gasteiger partial charge in [0.05, 0.1) is 25.4 Å². The number of likely N-dealkylation sites (tertiary alicyclic amines) is 1. The standard InChI is InChI=1S/C39H50N2O7/c1-46-27-33-10-8-22-41(33)25-34-23-36(30-16-14-28(26-42)15-17-30)48-39(47-34)31-20-18-29(19-21-31)35-11-7-6-9-32(35)24-40-37(43)12-4-2-3-5-13-38(44)45/h6-7,9,11,14-21,33-34,36,39,42H,2-5,8,10,12-13,22-27H2,1H3,(H,40,43)(H,44,45). The van der Waals surface area contributed by atoms with Crippen molar-refractivity contribution in [3.8, 4) is 11.1 Å². The summed E-state index contributed by atoms with van der Waals surface area (Å²) >= 11 is 0. The average Bonchev–Trinajstić information content (AvgIpc) is 3.55. The Bertz CT molecular complexity index is 1450. The van der Waals surface area contributed by atoms with Gasteiger partial charge in [0.1, 0.15) is 0 Å². The van der Waals surface area contributed by atoms with Crippen LogP contribution < -0.4 is 5.32 Å². The molecule has 48 heavy (non-hydrogen) atoms. The first kappa shape index (κ1) is 35.7. The molecule has 3 N–H and O–H groups in total. The highest BCUT2D eigenvalue weighted by atomic mass is 16.7. The highest BCUT2D eigenvalue weighted by Crippen LogP contribution is 2.39. The van der Waals surface area contributed by atoms with Gasteiger partial charge >= 0.3 is 5.97 Å². The molecule has 2 fully saturated rings. The molecule has 0 bridgehead atoms. The van der Waals surface area contributed by atoms with E-state index < -0.39 is 12.3 Å². The minimum absolute atomic E-state index is 0.00237. The van der Waals surface area contributed by atoms with Crippen molar-refractivity contribution in [3.63, 3.8) is 0 Å². The number of carboxylic acid groups (broad SMARTS) is 1. The third-order valence-electron chi connectivity index (χ3n) is 9.44. The number of hydrogen-bond acceptors (Lipinski definition) is 7. The molecule has 4 unspecified atom stereocenters. The van der Waals surface area contributed by atoms with E-state index in [2.05, 4.69) is 40.5 Å². The summed E-state index contributed by atoms with van der Waals surface area (Å²) in [6.07, 6.45) is 6.04. The van der Waals surface area contributed by atoms with Gasteiger partial charge in [-0.15, -0.1) is 0 Å². The van der Waals surface area contributed by atoms with Gasteiger partial charge in [0.15, 0.2) is 6.29 Å². The van der Waals surface area contributed by atoms with E-state index in [1.54, 1.807) is 7.11 Å². The van der Waals surface area contributed by atoms with Gasteiger partial charge in [0, 0.05) is 51.1 Å². The van der Waals surface area contributed by atoms with E-state index in [1.807, 2.05) is 42.5 Å². The highest BCUT2D eigenvalue weighted by Gasteiger charge is 2.35. The topological polar surface area (TPSA) is 118 Å². The summed E-state index contributed by atoms with van der Waals surface area (Å²) in [6, 6.07) is 24.8. The number of benzene rings is 3. The smallest absolute Gasteiger partial charge is 0.303 e. The van der Waals surface area contributed by atoms with Crippen LogP contribution >= 0.6 is 0 Å². The molecule has 0 saturated carbocycles. The number of aliphatic hydroxyl groups excluding tert-OH is 1. The minimum atomic E-state index is -0.773.